The zero-order valence-corrected chi connectivity index (χ0v) is 15.1. The largest absolute Gasteiger partial charge is 0.467 e. The molecule has 4 nitrogen and oxygen atoms in total. The first-order valence-electron chi connectivity index (χ1n) is 8.60. The van der Waals surface area contributed by atoms with Crippen molar-refractivity contribution in [2.45, 2.75) is 24.8 Å². The maximum atomic E-state index is 13.8. The fourth-order valence-corrected chi connectivity index (χ4v) is 2.53. The summed E-state index contributed by atoms with van der Waals surface area (Å²) in [6.45, 7) is 0.307. The molecule has 0 aliphatic heterocycles. The zero-order chi connectivity index (χ0) is 19.5. The van der Waals surface area contributed by atoms with Crippen molar-refractivity contribution in [3.63, 3.8) is 0 Å². The fraction of sp³-hybridized carbons (Fsp3) is 0.286. The van der Waals surface area contributed by atoms with Crippen molar-refractivity contribution in [2.24, 2.45) is 9.98 Å². The fourth-order valence-electron chi connectivity index (χ4n) is 2.53. The topological polar surface area (TPSA) is 51.0 Å². The van der Waals surface area contributed by atoms with E-state index in [2.05, 4.69) is 14.7 Å². The van der Waals surface area contributed by atoms with E-state index in [1.165, 1.54) is 6.21 Å². The summed E-state index contributed by atoms with van der Waals surface area (Å²) < 4.78 is 32.3. The molecule has 0 aliphatic carbocycles. The number of carbonyl (C=O) groups excluding carboxylic acids is 1. The minimum absolute atomic E-state index is 0.160. The summed E-state index contributed by atoms with van der Waals surface area (Å²) in [6.07, 6.45) is 0.0935. The standard InChI is InChI=1S/C21H22F2N2O2/c1-27-20(26)21(19(22)23,25-16-18-11-6-3-7-12-18)13-8-14-24-15-17-9-4-2-5-10-17/h2-7,9-12,15-16,19H,8,13-14H2,1H3/b24-15+,25-16+. The number of carbonyl (C=O) groups is 1. The van der Waals surface area contributed by atoms with Crippen LogP contribution in [-0.4, -0.2) is 44.0 Å². The number of nitrogens with zero attached hydrogens (tertiary/aromatic N) is 2. The number of aliphatic imine (C=N–C) groups is 2. The second-order valence-corrected chi connectivity index (χ2v) is 5.93. The molecule has 0 amide bonds. The second kappa shape index (κ2) is 10.3. The number of alkyl halides is 2. The molecule has 0 heterocycles. The predicted octanol–water partition coefficient (Wildman–Crippen LogP) is 4.18. The smallest absolute Gasteiger partial charge is 0.339 e. The van der Waals surface area contributed by atoms with E-state index < -0.39 is 17.9 Å². The van der Waals surface area contributed by atoms with Gasteiger partial charge < -0.3 is 4.74 Å². The van der Waals surface area contributed by atoms with Crippen molar-refractivity contribution in [3.05, 3.63) is 71.8 Å². The van der Waals surface area contributed by atoms with Crippen molar-refractivity contribution in [1.82, 2.24) is 0 Å². The minimum Gasteiger partial charge on any atom is -0.467 e. The van der Waals surface area contributed by atoms with Crippen LogP contribution in [0.1, 0.15) is 24.0 Å². The highest BCUT2D eigenvalue weighted by molar-refractivity contribution is 5.87. The highest BCUT2D eigenvalue weighted by Gasteiger charge is 2.47. The predicted molar refractivity (Wildman–Crippen MR) is 103 cm³/mol. The lowest BCUT2D eigenvalue weighted by atomic mass is 9.94. The van der Waals surface area contributed by atoms with E-state index in [0.29, 0.717) is 12.1 Å². The molecule has 6 heteroatoms. The molecule has 0 aliphatic rings. The molecule has 0 spiro atoms. The summed E-state index contributed by atoms with van der Waals surface area (Å²) in [5.41, 5.74) is -0.673. The molecule has 2 aromatic rings. The molecular formula is C21H22F2N2O2. The van der Waals surface area contributed by atoms with Gasteiger partial charge in [-0.25, -0.2) is 13.6 Å². The number of methoxy groups -OCH3 is 1. The van der Waals surface area contributed by atoms with E-state index in [1.54, 1.807) is 30.5 Å². The molecule has 0 N–H and O–H groups in total. The van der Waals surface area contributed by atoms with Crippen molar-refractivity contribution < 1.29 is 18.3 Å². The Morgan fingerprint density at radius 2 is 1.59 bits per heavy atom. The molecule has 1 atom stereocenters. The molecule has 0 aromatic heterocycles. The van der Waals surface area contributed by atoms with E-state index in [4.69, 9.17) is 0 Å². The number of ether oxygens (including phenoxy) is 1. The molecule has 0 radical (unpaired) electrons. The Hall–Kier alpha value is -2.89. The van der Waals surface area contributed by atoms with E-state index >= 15 is 0 Å². The van der Waals surface area contributed by atoms with Gasteiger partial charge in [0.2, 0.25) is 5.54 Å². The number of rotatable bonds is 9. The van der Waals surface area contributed by atoms with Gasteiger partial charge in [-0.3, -0.25) is 9.98 Å². The van der Waals surface area contributed by atoms with Gasteiger partial charge >= 0.3 is 5.97 Å². The molecule has 0 saturated heterocycles. The molecular weight excluding hydrogens is 350 g/mol. The maximum Gasteiger partial charge on any atom is 0.339 e. The van der Waals surface area contributed by atoms with Gasteiger partial charge in [0.1, 0.15) is 0 Å². The van der Waals surface area contributed by atoms with E-state index in [-0.39, 0.29) is 12.8 Å². The normalized spacial score (nSPS) is 13.9. The molecule has 27 heavy (non-hydrogen) atoms. The highest BCUT2D eigenvalue weighted by Crippen LogP contribution is 2.28. The van der Waals surface area contributed by atoms with Crippen LogP contribution in [0.3, 0.4) is 0 Å². The van der Waals surface area contributed by atoms with Gasteiger partial charge in [0.05, 0.1) is 7.11 Å². The van der Waals surface area contributed by atoms with Crippen molar-refractivity contribution in [2.75, 3.05) is 13.7 Å². The van der Waals surface area contributed by atoms with Crippen LogP contribution in [0.25, 0.3) is 0 Å². The van der Waals surface area contributed by atoms with E-state index in [9.17, 15) is 13.6 Å². The third-order valence-corrected chi connectivity index (χ3v) is 4.03. The van der Waals surface area contributed by atoms with Gasteiger partial charge in [0, 0.05) is 19.0 Å². The third kappa shape index (κ3) is 5.81. The molecule has 2 aromatic carbocycles. The second-order valence-electron chi connectivity index (χ2n) is 5.93. The summed E-state index contributed by atoms with van der Waals surface area (Å²) in [6, 6.07) is 18.2. The van der Waals surface area contributed by atoms with Crippen LogP contribution < -0.4 is 0 Å². The summed E-state index contributed by atoms with van der Waals surface area (Å²) >= 11 is 0. The van der Waals surface area contributed by atoms with Crippen LogP contribution in [0, 0.1) is 0 Å². The van der Waals surface area contributed by atoms with E-state index in [0.717, 1.165) is 12.7 Å². The van der Waals surface area contributed by atoms with Crippen molar-refractivity contribution >= 4 is 18.4 Å². The molecule has 142 valence electrons. The first-order chi connectivity index (χ1) is 13.1. The van der Waals surface area contributed by atoms with Crippen LogP contribution in [0.15, 0.2) is 70.6 Å². The average molecular weight is 372 g/mol. The average Bonchev–Trinajstić information content (AvgIpc) is 2.71. The van der Waals surface area contributed by atoms with Gasteiger partial charge in [0.25, 0.3) is 6.43 Å². The highest BCUT2D eigenvalue weighted by atomic mass is 19.3. The quantitative estimate of drug-likeness (QED) is 0.377. The lowest BCUT2D eigenvalue weighted by Crippen LogP contribution is -2.45. The number of benzene rings is 2. The van der Waals surface area contributed by atoms with Gasteiger partial charge in [-0.05, 0) is 24.0 Å². The first-order valence-corrected chi connectivity index (χ1v) is 8.60. The number of hydrogen-bond donors (Lipinski definition) is 0. The summed E-state index contributed by atoms with van der Waals surface area (Å²) in [4.78, 5) is 20.3. The zero-order valence-electron chi connectivity index (χ0n) is 15.1. The van der Waals surface area contributed by atoms with Gasteiger partial charge in [-0.15, -0.1) is 0 Å². The Balaban J connectivity index is 2.08. The summed E-state index contributed by atoms with van der Waals surface area (Å²) in [7, 11) is 1.09. The minimum atomic E-state index is -2.98. The summed E-state index contributed by atoms with van der Waals surface area (Å²) in [5, 5.41) is 0. The third-order valence-electron chi connectivity index (χ3n) is 4.03. The van der Waals surface area contributed by atoms with Crippen LogP contribution in [-0.2, 0) is 9.53 Å². The summed E-state index contributed by atoms with van der Waals surface area (Å²) in [5.74, 6) is -1.04. The van der Waals surface area contributed by atoms with Crippen molar-refractivity contribution in [3.8, 4) is 0 Å². The number of halogens is 2. The van der Waals surface area contributed by atoms with Crippen LogP contribution in [0.4, 0.5) is 8.78 Å². The van der Waals surface area contributed by atoms with Crippen molar-refractivity contribution in [1.29, 1.82) is 0 Å². The first kappa shape index (κ1) is 20.4. The molecule has 0 fully saturated rings. The Morgan fingerprint density at radius 1 is 1.04 bits per heavy atom. The van der Waals surface area contributed by atoms with E-state index in [1.807, 2.05) is 36.4 Å². The van der Waals surface area contributed by atoms with Gasteiger partial charge in [-0.1, -0.05) is 60.7 Å². The number of esters is 1. The molecule has 0 saturated carbocycles. The SMILES string of the molecule is COC(=O)C(CCC/N=C/c1ccccc1)(/N=C/c1ccccc1)C(F)F. The lowest BCUT2D eigenvalue weighted by Gasteiger charge is -2.25. The van der Waals surface area contributed by atoms with Crippen LogP contribution in [0.2, 0.25) is 0 Å². The number of hydrogen-bond acceptors (Lipinski definition) is 4. The Labute approximate surface area is 157 Å². The molecule has 1 unspecified atom stereocenters. The van der Waals surface area contributed by atoms with Crippen LogP contribution in [0.5, 0.6) is 0 Å². The Bertz CT molecular complexity index is 764. The maximum absolute atomic E-state index is 13.8. The van der Waals surface area contributed by atoms with Gasteiger partial charge in [-0.2, -0.15) is 0 Å². The van der Waals surface area contributed by atoms with Gasteiger partial charge in [0.15, 0.2) is 0 Å². The molecule has 0 bridgehead atoms. The van der Waals surface area contributed by atoms with Crippen LogP contribution >= 0.6 is 0 Å². The lowest BCUT2D eigenvalue weighted by molar-refractivity contribution is -0.153. The molecule has 2 rings (SSSR count). The monoisotopic (exact) mass is 372 g/mol. The Morgan fingerprint density at radius 3 is 2.11 bits per heavy atom. The Kier molecular flexibility index (Phi) is 7.79.